The number of anilines is 1. The predicted molar refractivity (Wildman–Crippen MR) is 92.9 cm³/mol. The van der Waals surface area contributed by atoms with Crippen molar-refractivity contribution in [2.45, 2.75) is 26.1 Å². The molecule has 0 aromatic carbocycles. The summed E-state index contributed by atoms with van der Waals surface area (Å²) in [4.78, 5) is 10.5. The average molecular weight is 371 g/mol. The summed E-state index contributed by atoms with van der Waals surface area (Å²) in [5.41, 5.74) is 0. The molecule has 3 rings (SSSR count). The van der Waals surface area contributed by atoms with Gasteiger partial charge in [0.2, 0.25) is 11.8 Å². The number of morpholine rings is 1. The first kappa shape index (κ1) is 18.3. The molecule has 0 bridgehead atoms. The monoisotopic (exact) mass is 371 g/mol. The van der Waals surface area contributed by atoms with E-state index in [4.69, 9.17) is 9.47 Å². The van der Waals surface area contributed by atoms with Gasteiger partial charge >= 0.3 is 0 Å². The van der Waals surface area contributed by atoms with Crippen LogP contribution in [0.3, 0.4) is 0 Å². The number of hydrogen-bond donors (Lipinski definition) is 0. The number of piperazine rings is 1. The first-order valence-corrected chi connectivity index (χ1v) is 9.82. The van der Waals surface area contributed by atoms with Gasteiger partial charge in [0.05, 0.1) is 19.3 Å². The fourth-order valence-electron chi connectivity index (χ4n) is 3.20. The number of rotatable bonds is 4. The molecule has 25 heavy (non-hydrogen) atoms. The lowest BCUT2D eigenvalue weighted by Crippen LogP contribution is -2.57. The second-order valence-electron chi connectivity index (χ2n) is 6.37. The molecule has 0 radical (unpaired) electrons. The lowest BCUT2D eigenvalue weighted by molar-refractivity contribution is -0.0455. The van der Waals surface area contributed by atoms with Gasteiger partial charge in [-0.25, -0.2) is 4.98 Å². The average Bonchev–Trinajstić information content (AvgIpc) is 2.61. The highest BCUT2D eigenvalue weighted by Crippen LogP contribution is 2.20. The van der Waals surface area contributed by atoms with Gasteiger partial charge in [-0.2, -0.15) is 22.0 Å². The van der Waals surface area contributed by atoms with Crippen LogP contribution < -0.4 is 9.64 Å². The Bertz CT molecular complexity index is 683. The van der Waals surface area contributed by atoms with Crippen molar-refractivity contribution in [2.24, 2.45) is 0 Å². The lowest BCUT2D eigenvalue weighted by atomic mass is 10.3. The standard InChI is InChI=1S/C15H25N5O4S/c1-12-10-20(11-13(2)24-12)25(21,22)19-8-6-18(7-9-19)15-16-5-4-14(17-15)23-3/h4-5,12-13H,6-11H2,1-3H3/t12-,13-/m0/s1. The van der Waals surface area contributed by atoms with Crippen molar-refractivity contribution < 1.29 is 17.9 Å². The Labute approximate surface area is 148 Å². The van der Waals surface area contributed by atoms with Crippen LogP contribution in [0.4, 0.5) is 5.95 Å². The summed E-state index contributed by atoms with van der Waals surface area (Å²) >= 11 is 0. The highest BCUT2D eigenvalue weighted by molar-refractivity contribution is 7.86. The van der Waals surface area contributed by atoms with Gasteiger partial charge in [-0.05, 0) is 13.8 Å². The summed E-state index contributed by atoms with van der Waals surface area (Å²) in [5.74, 6) is 1.06. The molecule has 9 nitrogen and oxygen atoms in total. The van der Waals surface area contributed by atoms with Gasteiger partial charge in [-0.1, -0.05) is 0 Å². The van der Waals surface area contributed by atoms with Gasteiger partial charge in [0.15, 0.2) is 0 Å². The minimum absolute atomic E-state index is 0.0926. The van der Waals surface area contributed by atoms with Crippen LogP contribution in [-0.4, -0.2) is 85.6 Å². The zero-order chi connectivity index (χ0) is 18.0. The molecule has 0 spiro atoms. The minimum Gasteiger partial charge on any atom is -0.481 e. The Balaban J connectivity index is 1.65. The Kier molecular flexibility index (Phi) is 5.42. The molecule has 0 aliphatic carbocycles. The number of hydrogen-bond acceptors (Lipinski definition) is 7. The van der Waals surface area contributed by atoms with E-state index in [0.29, 0.717) is 51.1 Å². The van der Waals surface area contributed by atoms with E-state index in [0.717, 1.165) is 0 Å². The van der Waals surface area contributed by atoms with Gasteiger partial charge in [0.1, 0.15) is 0 Å². The minimum atomic E-state index is -3.47. The zero-order valence-electron chi connectivity index (χ0n) is 14.8. The third kappa shape index (κ3) is 4.02. The zero-order valence-corrected chi connectivity index (χ0v) is 15.6. The summed E-state index contributed by atoms with van der Waals surface area (Å²) < 4.78 is 39.6. The van der Waals surface area contributed by atoms with Crippen LogP contribution in [0.25, 0.3) is 0 Å². The molecule has 1 aromatic rings. The predicted octanol–water partition coefficient (Wildman–Crippen LogP) is -0.0388. The molecule has 10 heteroatoms. The van der Waals surface area contributed by atoms with Crippen LogP contribution in [0.1, 0.15) is 13.8 Å². The quantitative estimate of drug-likeness (QED) is 0.734. The molecule has 0 amide bonds. The molecule has 0 N–H and O–H groups in total. The summed E-state index contributed by atoms with van der Waals surface area (Å²) in [6.07, 6.45) is 1.45. The van der Waals surface area contributed by atoms with Crippen LogP contribution in [0, 0.1) is 0 Å². The molecular formula is C15H25N5O4S. The maximum absolute atomic E-state index is 12.9. The summed E-state index contributed by atoms with van der Waals surface area (Å²) in [5, 5.41) is 0. The van der Waals surface area contributed by atoms with Crippen molar-refractivity contribution in [1.29, 1.82) is 0 Å². The van der Waals surface area contributed by atoms with Gasteiger partial charge in [0, 0.05) is 51.5 Å². The van der Waals surface area contributed by atoms with Crippen LogP contribution in [0.2, 0.25) is 0 Å². The van der Waals surface area contributed by atoms with E-state index in [-0.39, 0.29) is 12.2 Å². The highest BCUT2D eigenvalue weighted by atomic mass is 32.2. The highest BCUT2D eigenvalue weighted by Gasteiger charge is 2.36. The molecule has 140 valence electrons. The molecule has 2 aliphatic rings. The first-order valence-electron chi connectivity index (χ1n) is 8.43. The SMILES string of the molecule is COc1ccnc(N2CCN(S(=O)(=O)N3C[C@H](C)O[C@@H](C)C3)CC2)n1. The Morgan fingerprint density at radius 3 is 2.36 bits per heavy atom. The molecule has 2 aliphatic heterocycles. The fraction of sp³-hybridized carbons (Fsp3) is 0.733. The van der Waals surface area contributed by atoms with Crippen LogP contribution in [0.5, 0.6) is 5.88 Å². The van der Waals surface area contributed by atoms with Crippen molar-refractivity contribution in [3.63, 3.8) is 0 Å². The van der Waals surface area contributed by atoms with Crippen molar-refractivity contribution in [3.8, 4) is 5.88 Å². The van der Waals surface area contributed by atoms with E-state index in [2.05, 4.69) is 9.97 Å². The van der Waals surface area contributed by atoms with Crippen LogP contribution >= 0.6 is 0 Å². The second-order valence-corrected chi connectivity index (χ2v) is 8.30. The van der Waals surface area contributed by atoms with E-state index >= 15 is 0 Å². The third-order valence-corrected chi connectivity index (χ3v) is 6.36. The molecule has 0 saturated carbocycles. The van der Waals surface area contributed by atoms with Crippen molar-refractivity contribution in [3.05, 3.63) is 12.3 Å². The van der Waals surface area contributed by atoms with Gasteiger partial charge in [-0.3, -0.25) is 0 Å². The molecular weight excluding hydrogens is 346 g/mol. The number of methoxy groups -OCH3 is 1. The van der Waals surface area contributed by atoms with E-state index in [1.807, 2.05) is 18.7 Å². The van der Waals surface area contributed by atoms with Gasteiger partial charge < -0.3 is 14.4 Å². The number of aromatic nitrogens is 2. The Hall–Kier alpha value is -1.49. The van der Waals surface area contributed by atoms with Gasteiger partial charge in [-0.15, -0.1) is 0 Å². The molecule has 2 atom stereocenters. The van der Waals surface area contributed by atoms with Crippen molar-refractivity contribution in [1.82, 2.24) is 18.6 Å². The second kappa shape index (κ2) is 7.40. The van der Waals surface area contributed by atoms with E-state index < -0.39 is 10.2 Å². The number of nitrogens with zero attached hydrogens (tertiary/aromatic N) is 5. The molecule has 2 fully saturated rings. The van der Waals surface area contributed by atoms with Gasteiger partial charge in [0.25, 0.3) is 10.2 Å². The van der Waals surface area contributed by atoms with Crippen molar-refractivity contribution >= 4 is 16.2 Å². The maximum Gasteiger partial charge on any atom is 0.282 e. The summed E-state index contributed by atoms with van der Waals surface area (Å²) in [6, 6.07) is 1.69. The van der Waals surface area contributed by atoms with E-state index in [1.165, 1.54) is 8.61 Å². The summed E-state index contributed by atoms with van der Waals surface area (Å²) in [6.45, 7) is 6.49. The van der Waals surface area contributed by atoms with Crippen molar-refractivity contribution in [2.75, 3.05) is 51.3 Å². The fourth-order valence-corrected chi connectivity index (χ4v) is 4.95. The Morgan fingerprint density at radius 2 is 1.76 bits per heavy atom. The molecule has 3 heterocycles. The largest absolute Gasteiger partial charge is 0.481 e. The third-order valence-electron chi connectivity index (χ3n) is 4.39. The van der Waals surface area contributed by atoms with E-state index in [9.17, 15) is 8.42 Å². The van der Waals surface area contributed by atoms with Crippen LogP contribution in [0.15, 0.2) is 12.3 Å². The molecule has 0 unspecified atom stereocenters. The maximum atomic E-state index is 12.9. The molecule has 2 saturated heterocycles. The Morgan fingerprint density at radius 1 is 1.12 bits per heavy atom. The summed E-state index contributed by atoms with van der Waals surface area (Å²) in [7, 11) is -1.92. The normalized spacial score (nSPS) is 26.6. The molecule has 1 aromatic heterocycles. The first-order chi connectivity index (χ1) is 11.9. The smallest absolute Gasteiger partial charge is 0.282 e. The van der Waals surface area contributed by atoms with E-state index in [1.54, 1.807) is 19.4 Å². The number of ether oxygens (including phenoxy) is 2. The van der Waals surface area contributed by atoms with Crippen LogP contribution in [-0.2, 0) is 14.9 Å². The lowest BCUT2D eigenvalue weighted by Gasteiger charge is -2.40. The topological polar surface area (TPSA) is 88.1 Å².